The largest absolute Gasteiger partial charge is 0.493 e. The lowest BCUT2D eigenvalue weighted by molar-refractivity contribution is 0.415. The van der Waals surface area contributed by atoms with Crippen LogP contribution in [-0.4, -0.2) is 18.6 Å². The Hall–Kier alpha value is -2.23. The molecular weight excluding hydrogens is 274 g/mol. The van der Waals surface area contributed by atoms with Crippen molar-refractivity contribution in [3.05, 3.63) is 41.5 Å². The zero-order chi connectivity index (χ0) is 15.9. The Labute approximate surface area is 132 Å². The van der Waals surface area contributed by atoms with Crippen LogP contribution < -0.4 is 15.4 Å². The molecule has 1 aromatic heterocycles. The molecule has 4 nitrogen and oxygen atoms in total. The van der Waals surface area contributed by atoms with Crippen LogP contribution in [0.2, 0.25) is 0 Å². The summed E-state index contributed by atoms with van der Waals surface area (Å²) in [5, 5.41) is 6.72. The smallest absolute Gasteiger partial charge is 0.170 e. The van der Waals surface area contributed by atoms with Crippen LogP contribution in [-0.2, 0) is 12.8 Å². The van der Waals surface area contributed by atoms with Gasteiger partial charge in [-0.2, -0.15) is 0 Å². The molecule has 0 aliphatic carbocycles. The van der Waals surface area contributed by atoms with Crippen LogP contribution in [0.1, 0.15) is 31.9 Å². The lowest BCUT2D eigenvalue weighted by Crippen LogP contribution is -2.06. The molecule has 2 rings (SSSR count). The van der Waals surface area contributed by atoms with Gasteiger partial charge in [0.2, 0.25) is 0 Å². The number of benzene rings is 1. The normalized spacial score (nSPS) is 10.4. The van der Waals surface area contributed by atoms with E-state index in [0.29, 0.717) is 0 Å². The summed E-state index contributed by atoms with van der Waals surface area (Å²) in [5.41, 5.74) is 3.79. The molecular formula is C18H25N3O. The standard InChI is InChI=1S/C18H25N3O/c1-5-13-9-8-10-14(6-2)17(13)20-16-12-11-15(22-4)18(21-16)19-7-3/h8-12H,5-7H2,1-4H3,(H2,19,20,21). The quantitative estimate of drug-likeness (QED) is 0.796. The summed E-state index contributed by atoms with van der Waals surface area (Å²) in [7, 11) is 1.66. The van der Waals surface area contributed by atoms with Gasteiger partial charge in [-0.25, -0.2) is 4.98 Å². The maximum Gasteiger partial charge on any atom is 0.170 e. The summed E-state index contributed by atoms with van der Waals surface area (Å²) in [5.74, 6) is 2.35. The molecule has 4 heteroatoms. The number of ether oxygens (including phenoxy) is 1. The number of hydrogen-bond acceptors (Lipinski definition) is 4. The van der Waals surface area contributed by atoms with Gasteiger partial charge in [0, 0.05) is 12.2 Å². The van der Waals surface area contributed by atoms with Crippen LogP contribution in [0.4, 0.5) is 17.3 Å². The molecule has 0 atom stereocenters. The van der Waals surface area contributed by atoms with Gasteiger partial charge >= 0.3 is 0 Å². The molecule has 0 amide bonds. The first-order valence-corrected chi connectivity index (χ1v) is 7.90. The highest BCUT2D eigenvalue weighted by atomic mass is 16.5. The van der Waals surface area contributed by atoms with Gasteiger partial charge < -0.3 is 15.4 Å². The first-order chi connectivity index (χ1) is 10.7. The Bertz CT molecular complexity index is 603. The van der Waals surface area contributed by atoms with Crippen molar-refractivity contribution in [2.75, 3.05) is 24.3 Å². The summed E-state index contributed by atoms with van der Waals surface area (Å²) in [6.07, 6.45) is 1.98. The molecule has 0 spiro atoms. The van der Waals surface area contributed by atoms with Crippen LogP contribution >= 0.6 is 0 Å². The predicted molar refractivity (Wildman–Crippen MR) is 93.4 cm³/mol. The van der Waals surface area contributed by atoms with Crippen molar-refractivity contribution in [3.8, 4) is 5.75 Å². The minimum atomic E-state index is 0.756. The number of aryl methyl sites for hydroxylation is 2. The van der Waals surface area contributed by atoms with Gasteiger partial charge in [-0.05, 0) is 43.0 Å². The third-order valence-electron chi connectivity index (χ3n) is 3.67. The average Bonchev–Trinajstić information content (AvgIpc) is 2.55. The Balaban J connectivity index is 2.36. The molecule has 0 bridgehead atoms. The van der Waals surface area contributed by atoms with E-state index in [1.54, 1.807) is 7.11 Å². The van der Waals surface area contributed by atoms with Crippen LogP contribution in [0.15, 0.2) is 30.3 Å². The van der Waals surface area contributed by atoms with E-state index in [2.05, 4.69) is 47.7 Å². The van der Waals surface area contributed by atoms with Gasteiger partial charge in [0.15, 0.2) is 11.6 Å². The molecule has 0 aliphatic rings. The lowest BCUT2D eigenvalue weighted by Gasteiger charge is -2.16. The van der Waals surface area contributed by atoms with Gasteiger partial charge in [-0.3, -0.25) is 0 Å². The highest BCUT2D eigenvalue weighted by molar-refractivity contribution is 5.67. The minimum Gasteiger partial charge on any atom is -0.493 e. The van der Waals surface area contributed by atoms with Crippen LogP contribution in [0.5, 0.6) is 5.75 Å². The number of nitrogens with zero attached hydrogens (tertiary/aromatic N) is 1. The van der Waals surface area contributed by atoms with Gasteiger partial charge in [0.1, 0.15) is 5.82 Å². The fourth-order valence-corrected chi connectivity index (χ4v) is 2.51. The third kappa shape index (κ3) is 3.50. The second-order valence-electron chi connectivity index (χ2n) is 5.06. The number of para-hydroxylation sites is 1. The number of methoxy groups -OCH3 is 1. The molecule has 0 fully saturated rings. The number of aromatic nitrogens is 1. The van der Waals surface area contributed by atoms with Crippen molar-refractivity contribution in [1.82, 2.24) is 4.98 Å². The Morgan fingerprint density at radius 1 is 1.00 bits per heavy atom. The van der Waals surface area contributed by atoms with Crippen LogP contribution in [0.25, 0.3) is 0 Å². The highest BCUT2D eigenvalue weighted by Crippen LogP contribution is 2.29. The Morgan fingerprint density at radius 3 is 2.23 bits per heavy atom. The van der Waals surface area contributed by atoms with E-state index in [4.69, 9.17) is 4.74 Å². The van der Waals surface area contributed by atoms with Gasteiger partial charge in [-0.1, -0.05) is 32.0 Å². The zero-order valence-electron chi connectivity index (χ0n) is 13.9. The van der Waals surface area contributed by atoms with Crippen molar-refractivity contribution >= 4 is 17.3 Å². The summed E-state index contributed by atoms with van der Waals surface area (Å²) in [6.45, 7) is 7.19. The molecule has 0 radical (unpaired) electrons. The van der Waals surface area contributed by atoms with Crippen molar-refractivity contribution in [2.45, 2.75) is 33.6 Å². The summed E-state index contributed by atoms with van der Waals surface area (Å²) in [4.78, 5) is 4.63. The number of anilines is 3. The summed E-state index contributed by atoms with van der Waals surface area (Å²) in [6, 6.07) is 10.3. The first-order valence-electron chi connectivity index (χ1n) is 7.90. The van der Waals surface area contributed by atoms with E-state index >= 15 is 0 Å². The molecule has 0 saturated carbocycles. The SMILES string of the molecule is CCNc1nc(Nc2c(CC)cccc2CC)ccc1OC. The monoisotopic (exact) mass is 299 g/mol. The van der Waals surface area contributed by atoms with Crippen molar-refractivity contribution < 1.29 is 4.74 Å². The number of hydrogen-bond donors (Lipinski definition) is 2. The van der Waals surface area contributed by atoms with E-state index in [-0.39, 0.29) is 0 Å². The third-order valence-corrected chi connectivity index (χ3v) is 3.67. The van der Waals surface area contributed by atoms with E-state index in [0.717, 1.165) is 36.8 Å². The Morgan fingerprint density at radius 2 is 1.68 bits per heavy atom. The van der Waals surface area contributed by atoms with E-state index < -0.39 is 0 Å². The predicted octanol–water partition coefficient (Wildman–Crippen LogP) is 4.39. The molecule has 0 unspecified atom stereocenters. The lowest BCUT2D eigenvalue weighted by atomic mass is 10.0. The Kier molecular flexibility index (Phi) is 5.64. The summed E-state index contributed by atoms with van der Waals surface area (Å²) < 4.78 is 5.34. The molecule has 1 heterocycles. The number of nitrogens with one attached hydrogen (secondary N) is 2. The fourth-order valence-electron chi connectivity index (χ4n) is 2.51. The van der Waals surface area contributed by atoms with Gasteiger partial charge in [-0.15, -0.1) is 0 Å². The van der Waals surface area contributed by atoms with Crippen molar-refractivity contribution in [1.29, 1.82) is 0 Å². The molecule has 22 heavy (non-hydrogen) atoms. The van der Waals surface area contributed by atoms with E-state index in [1.807, 2.05) is 19.1 Å². The summed E-state index contributed by atoms with van der Waals surface area (Å²) >= 11 is 0. The van der Waals surface area contributed by atoms with Crippen LogP contribution in [0.3, 0.4) is 0 Å². The minimum absolute atomic E-state index is 0.756. The average molecular weight is 299 g/mol. The number of pyridine rings is 1. The van der Waals surface area contributed by atoms with E-state index in [1.165, 1.54) is 16.8 Å². The zero-order valence-corrected chi connectivity index (χ0v) is 13.9. The number of rotatable bonds is 7. The van der Waals surface area contributed by atoms with Crippen molar-refractivity contribution in [2.24, 2.45) is 0 Å². The topological polar surface area (TPSA) is 46.2 Å². The second kappa shape index (κ2) is 7.69. The maximum absolute atomic E-state index is 5.34. The molecule has 118 valence electrons. The molecule has 0 aliphatic heterocycles. The molecule has 0 saturated heterocycles. The fraction of sp³-hybridized carbons (Fsp3) is 0.389. The highest BCUT2D eigenvalue weighted by Gasteiger charge is 2.09. The van der Waals surface area contributed by atoms with Gasteiger partial charge in [0.25, 0.3) is 0 Å². The van der Waals surface area contributed by atoms with Gasteiger partial charge in [0.05, 0.1) is 7.11 Å². The molecule has 1 aromatic carbocycles. The maximum atomic E-state index is 5.34. The van der Waals surface area contributed by atoms with Crippen molar-refractivity contribution in [3.63, 3.8) is 0 Å². The van der Waals surface area contributed by atoms with E-state index in [9.17, 15) is 0 Å². The first kappa shape index (κ1) is 16.1. The van der Waals surface area contributed by atoms with Crippen LogP contribution in [0, 0.1) is 0 Å². The molecule has 2 N–H and O–H groups in total. The molecule has 2 aromatic rings. The second-order valence-corrected chi connectivity index (χ2v) is 5.06.